The van der Waals surface area contributed by atoms with Gasteiger partial charge in [-0.05, 0) is 68.4 Å². The highest BCUT2D eigenvalue weighted by atomic mass is 19.4. The van der Waals surface area contributed by atoms with E-state index in [4.69, 9.17) is 5.73 Å². The molecule has 0 fully saturated rings. The highest BCUT2D eigenvalue weighted by Gasteiger charge is 2.31. The van der Waals surface area contributed by atoms with Crippen LogP contribution in [0.4, 0.5) is 23.2 Å². The molecule has 1 aliphatic carbocycles. The maximum atomic E-state index is 14.3. The number of carbonyl (C=O) groups excluding carboxylic acids is 2. The zero-order chi connectivity index (χ0) is 28.6. The van der Waals surface area contributed by atoms with Crippen molar-refractivity contribution in [3.63, 3.8) is 0 Å². The van der Waals surface area contributed by atoms with Crippen LogP contribution in [0.15, 0.2) is 72.1 Å². The second-order valence-corrected chi connectivity index (χ2v) is 9.24. The van der Waals surface area contributed by atoms with Gasteiger partial charge in [0, 0.05) is 24.9 Å². The Hall–Kier alpha value is -3.96. The molecule has 2 aromatic rings. The molecular formula is C28H31F4N5O2. The zero-order valence-corrected chi connectivity index (χ0v) is 21.6. The summed E-state index contributed by atoms with van der Waals surface area (Å²) in [5.74, 6) is -2.17. The number of hydrogen-bond acceptors (Lipinski definition) is 5. The standard InChI is InChI=1S/C28H31F4N5O2/c1-37(2)16-15-34-26(27(39)36-23-13-12-20(17-21(23)29)28(30,31)32)19-10-7-18(8-11-19)9-14-25(38)35-24-6-4-3-5-22(24)33/h4,6-14,17,26,34H,3,5,15-16,33H2,1-2H3,(H,35,38)(H,36,39)/b14-9+. The minimum Gasteiger partial charge on any atom is -0.400 e. The van der Waals surface area contributed by atoms with E-state index in [1.165, 1.54) is 6.08 Å². The van der Waals surface area contributed by atoms with E-state index in [0.29, 0.717) is 54.2 Å². The molecule has 3 rings (SSSR count). The summed E-state index contributed by atoms with van der Waals surface area (Å²) >= 11 is 0. The fourth-order valence-electron chi connectivity index (χ4n) is 3.74. The number of amides is 2. The van der Waals surface area contributed by atoms with Crippen LogP contribution in [0.1, 0.15) is 35.6 Å². The maximum absolute atomic E-state index is 14.3. The molecule has 0 heterocycles. The quantitative estimate of drug-likeness (QED) is 0.263. The molecule has 0 radical (unpaired) electrons. The number of nitrogens with zero attached hydrogens (tertiary/aromatic N) is 1. The Labute approximate surface area is 224 Å². The minimum absolute atomic E-state index is 0.343. The van der Waals surface area contributed by atoms with Crippen molar-refractivity contribution >= 4 is 23.6 Å². The lowest BCUT2D eigenvalue weighted by molar-refractivity contribution is -0.137. The van der Waals surface area contributed by atoms with Crippen LogP contribution in [0.2, 0.25) is 0 Å². The first kappa shape index (κ1) is 29.6. The van der Waals surface area contributed by atoms with Gasteiger partial charge in [-0.1, -0.05) is 30.3 Å². The second kappa shape index (κ2) is 13.2. The molecule has 0 aromatic heterocycles. The van der Waals surface area contributed by atoms with Crippen LogP contribution in [0.25, 0.3) is 6.08 Å². The fourth-order valence-corrected chi connectivity index (χ4v) is 3.74. The Balaban J connectivity index is 1.72. The minimum atomic E-state index is -4.70. The molecule has 1 unspecified atom stereocenters. The lowest BCUT2D eigenvalue weighted by Gasteiger charge is -2.21. The summed E-state index contributed by atoms with van der Waals surface area (Å²) < 4.78 is 52.9. The summed E-state index contributed by atoms with van der Waals surface area (Å²) in [4.78, 5) is 27.2. The average molecular weight is 546 g/mol. The van der Waals surface area contributed by atoms with Gasteiger partial charge < -0.3 is 26.6 Å². The number of rotatable bonds is 10. The molecule has 11 heteroatoms. The SMILES string of the molecule is CN(C)CCNC(C(=O)Nc1ccc(C(F)(F)F)cc1F)c1ccc(/C=C/C(=O)NC2=C(N)CCC=C2)cc1. The molecule has 208 valence electrons. The van der Waals surface area contributed by atoms with Crippen molar-refractivity contribution < 1.29 is 27.2 Å². The van der Waals surface area contributed by atoms with E-state index in [2.05, 4.69) is 16.0 Å². The number of nitrogens with two attached hydrogens (primary N) is 1. The van der Waals surface area contributed by atoms with Gasteiger partial charge in [0.25, 0.3) is 0 Å². The monoisotopic (exact) mass is 545 g/mol. The summed E-state index contributed by atoms with van der Waals surface area (Å²) in [6, 6.07) is 7.80. The summed E-state index contributed by atoms with van der Waals surface area (Å²) in [6.07, 6.45) is 3.48. The van der Waals surface area contributed by atoms with Crippen molar-refractivity contribution in [3.8, 4) is 0 Å². The molecule has 39 heavy (non-hydrogen) atoms. The smallest absolute Gasteiger partial charge is 0.400 e. The molecule has 2 amide bonds. The van der Waals surface area contributed by atoms with Gasteiger partial charge >= 0.3 is 6.18 Å². The molecule has 0 spiro atoms. The van der Waals surface area contributed by atoms with Crippen LogP contribution in [-0.2, 0) is 15.8 Å². The topological polar surface area (TPSA) is 99.5 Å². The number of halogens is 4. The highest BCUT2D eigenvalue weighted by Crippen LogP contribution is 2.31. The van der Waals surface area contributed by atoms with Crippen molar-refractivity contribution in [2.24, 2.45) is 5.73 Å². The van der Waals surface area contributed by atoms with Gasteiger partial charge in [-0.15, -0.1) is 0 Å². The highest BCUT2D eigenvalue weighted by molar-refractivity contribution is 5.96. The van der Waals surface area contributed by atoms with E-state index in [1.807, 2.05) is 25.1 Å². The maximum Gasteiger partial charge on any atom is 0.416 e. The third kappa shape index (κ3) is 8.79. The summed E-state index contributed by atoms with van der Waals surface area (Å²) in [6.45, 7) is 1.01. The predicted octanol–water partition coefficient (Wildman–Crippen LogP) is 4.33. The lowest BCUT2D eigenvalue weighted by atomic mass is 10.0. The Morgan fingerprint density at radius 3 is 2.44 bits per heavy atom. The van der Waals surface area contributed by atoms with Crippen LogP contribution in [-0.4, -0.2) is 43.9 Å². The number of benzene rings is 2. The van der Waals surface area contributed by atoms with Gasteiger partial charge in [0.1, 0.15) is 11.9 Å². The largest absolute Gasteiger partial charge is 0.416 e. The van der Waals surface area contributed by atoms with Gasteiger partial charge in [-0.2, -0.15) is 13.2 Å². The van der Waals surface area contributed by atoms with Crippen LogP contribution in [0, 0.1) is 5.82 Å². The summed E-state index contributed by atoms with van der Waals surface area (Å²) in [5.41, 5.74) is 6.84. The van der Waals surface area contributed by atoms with E-state index in [0.717, 1.165) is 12.5 Å². The summed E-state index contributed by atoms with van der Waals surface area (Å²) in [5, 5.41) is 8.22. The van der Waals surface area contributed by atoms with E-state index in [-0.39, 0.29) is 11.6 Å². The Morgan fingerprint density at radius 1 is 1.10 bits per heavy atom. The molecule has 0 bridgehead atoms. The molecule has 1 atom stereocenters. The zero-order valence-electron chi connectivity index (χ0n) is 21.6. The number of nitrogens with one attached hydrogen (secondary N) is 3. The second-order valence-electron chi connectivity index (χ2n) is 9.24. The Morgan fingerprint density at radius 2 is 1.82 bits per heavy atom. The van der Waals surface area contributed by atoms with Crippen molar-refractivity contribution in [1.82, 2.24) is 15.5 Å². The Bertz CT molecular complexity index is 1270. The van der Waals surface area contributed by atoms with Crippen molar-refractivity contribution in [1.29, 1.82) is 0 Å². The normalized spacial score (nSPS) is 14.6. The van der Waals surface area contributed by atoms with Gasteiger partial charge in [0.15, 0.2) is 0 Å². The first-order chi connectivity index (χ1) is 18.4. The first-order valence-electron chi connectivity index (χ1n) is 12.2. The van der Waals surface area contributed by atoms with Crippen molar-refractivity contribution in [2.75, 3.05) is 32.5 Å². The lowest BCUT2D eigenvalue weighted by Crippen LogP contribution is -2.37. The van der Waals surface area contributed by atoms with Crippen LogP contribution in [0.3, 0.4) is 0 Å². The summed E-state index contributed by atoms with van der Waals surface area (Å²) in [7, 11) is 3.72. The van der Waals surface area contributed by atoms with E-state index >= 15 is 0 Å². The van der Waals surface area contributed by atoms with E-state index < -0.39 is 29.5 Å². The molecule has 2 aromatic carbocycles. The van der Waals surface area contributed by atoms with Crippen LogP contribution in [0.5, 0.6) is 0 Å². The number of anilines is 1. The van der Waals surface area contributed by atoms with Crippen molar-refractivity contribution in [3.05, 3.63) is 94.6 Å². The molecule has 1 aliphatic rings. The third-order valence-electron chi connectivity index (χ3n) is 5.89. The average Bonchev–Trinajstić information content (AvgIpc) is 2.87. The number of allylic oxidation sites excluding steroid dienone is 3. The third-order valence-corrected chi connectivity index (χ3v) is 5.89. The molecule has 7 nitrogen and oxygen atoms in total. The molecule has 0 aliphatic heterocycles. The van der Waals surface area contributed by atoms with Crippen LogP contribution < -0.4 is 21.7 Å². The number of hydrogen-bond donors (Lipinski definition) is 4. The van der Waals surface area contributed by atoms with Crippen molar-refractivity contribution in [2.45, 2.75) is 25.1 Å². The van der Waals surface area contributed by atoms with E-state index in [9.17, 15) is 27.2 Å². The number of carbonyl (C=O) groups is 2. The molecular weight excluding hydrogens is 514 g/mol. The molecule has 5 N–H and O–H groups in total. The first-order valence-corrected chi connectivity index (χ1v) is 12.2. The van der Waals surface area contributed by atoms with Gasteiger partial charge in [-0.3, -0.25) is 9.59 Å². The molecule has 0 saturated heterocycles. The number of likely N-dealkylation sites (N-methyl/N-ethyl adjacent to an activating group) is 1. The fraction of sp³-hybridized carbons (Fsp3) is 0.286. The van der Waals surface area contributed by atoms with Gasteiger partial charge in [0.05, 0.1) is 16.9 Å². The van der Waals surface area contributed by atoms with E-state index in [1.54, 1.807) is 36.4 Å². The molecule has 0 saturated carbocycles. The number of alkyl halides is 3. The van der Waals surface area contributed by atoms with Crippen LogP contribution >= 0.6 is 0 Å². The van der Waals surface area contributed by atoms with Gasteiger partial charge in [-0.25, -0.2) is 4.39 Å². The van der Waals surface area contributed by atoms with Gasteiger partial charge in [0.2, 0.25) is 11.8 Å². The predicted molar refractivity (Wildman–Crippen MR) is 143 cm³/mol. The Kier molecular flexibility index (Phi) is 10.0.